The number of rotatable bonds is 3. The van der Waals surface area contributed by atoms with E-state index in [0.717, 1.165) is 22.6 Å². The molecule has 0 radical (unpaired) electrons. The highest BCUT2D eigenvalue weighted by atomic mass is 32.2. The number of benzene rings is 1. The van der Waals surface area contributed by atoms with Gasteiger partial charge in [-0.05, 0) is 37.1 Å². The van der Waals surface area contributed by atoms with Gasteiger partial charge >= 0.3 is 0 Å². The molecular weight excluding hydrogens is 274 g/mol. The van der Waals surface area contributed by atoms with Crippen LogP contribution < -0.4 is 9.64 Å². The van der Waals surface area contributed by atoms with Crippen molar-refractivity contribution in [1.29, 1.82) is 0 Å². The molecule has 1 fully saturated rings. The SMILES string of the molecule is COc1c(C)cc(N2CC(SC(C)=O)CC2=O)cc1C. The third-order valence-corrected chi connectivity index (χ3v) is 4.36. The number of methoxy groups -OCH3 is 1. The summed E-state index contributed by atoms with van der Waals surface area (Å²) in [5, 5.41) is 0.120. The summed E-state index contributed by atoms with van der Waals surface area (Å²) in [6.07, 6.45) is 0.425. The third-order valence-electron chi connectivity index (χ3n) is 3.38. The normalized spacial score (nSPS) is 18.5. The summed E-state index contributed by atoms with van der Waals surface area (Å²) in [4.78, 5) is 25.0. The quantitative estimate of drug-likeness (QED) is 0.859. The number of hydrogen-bond donors (Lipinski definition) is 0. The van der Waals surface area contributed by atoms with Crippen LogP contribution in [-0.4, -0.2) is 29.9 Å². The molecule has 1 aromatic carbocycles. The molecule has 20 heavy (non-hydrogen) atoms. The number of hydrogen-bond acceptors (Lipinski definition) is 4. The molecule has 1 aliphatic heterocycles. The van der Waals surface area contributed by atoms with Gasteiger partial charge in [0.1, 0.15) is 5.75 Å². The van der Waals surface area contributed by atoms with Crippen molar-refractivity contribution in [2.45, 2.75) is 32.4 Å². The molecule has 2 rings (SSSR count). The van der Waals surface area contributed by atoms with E-state index in [1.54, 1.807) is 18.9 Å². The molecule has 1 unspecified atom stereocenters. The summed E-state index contributed by atoms with van der Waals surface area (Å²) in [5.41, 5.74) is 2.91. The van der Waals surface area contributed by atoms with Crippen LogP contribution in [-0.2, 0) is 9.59 Å². The Kier molecular flexibility index (Phi) is 4.38. The average molecular weight is 293 g/mol. The van der Waals surface area contributed by atoms with Crippen molar-refractivity contribution in [2.24, 2.45) is 0 Å². The standard InChI is InChI=1S/C15H19NO3S/c1-9-5-12(6-10(2)15(9)19-4)16-8-13(7-14(16)18)20-11(3)17/h5-6,13H,7-8H2,1-4H3. The molecular formula is C15H19NO3S. The zero-order valence-electron chi connectivity index (χ0n) is 12.2. The monoisotopic (exact) mass is 293 g/mol. The van der Waals surface area contributed by atoms with Gasteiger partial charge in [0.05, 0.1) is 7.11 Å². The number of thioether (sulfide) groups is 1. The first-order valence-electron chi connectivity index (χ1n) is 6.55. The van der Waals surface area contributed by atoms with Crippen molar-refractivity contribution in [2.75, 3.05) is 18.6 Å². The second kappa shape index (κ2) is 5.87. The highest BCUT2D eigenvalue weighted by Crippen LogP contribution is 2.33. The van der Waals surface area contributed by atoms with E-state index < -0.39 is 0 Å². The number of carbonyl (C=O) groups is 2. The van der Waals surface area contributed by atoms with E-state index in [4.69, 9.17) is 4.74 Å². The summed E-state index contributed by atoms with van der Waals surface area (Å²) in [5.74, 6) is 0.933. The smallest absolute Gasteiger partial charge is 0.228 e. The van der Waals surface area contributed by atoms with Crippen molar-refractivity contribution in [1.82, 2.24) is 0 Å². The Morgan fingerprint density at radius 1 is 1.35 bits per heavy atom. The maximum Gasteiger partial charge on any atom is 0.228 e. The van der Waals surface area contributed by atoms with E-state index in [1.165, 1.54) is 11.8 Å². The number of carbonyl (C=O) groups excluding carboxylic acids is 2. The van der Waals surface area contributed by atoms with Crippen LogP contribution in [0.15, 0.2) is 12.1 Å². The Hall–Kier alpha value is -1.49. The molecule has 108 valence electrons. The Balaban J connectivity index is 2.24. The van der Waals surface area contributed by atoms with Gasteiger partial charge in [-0.1, -0.05) is 11.8 Å². The Morgan fingerprint density at radius 3 is 2.45 bits per heavy atom. The summed E-state index contributed by atoms with van der Waals surface area (Å²) < 4.78 is 5.34. The van der Waals surface area contributed by atoms with Crippen molar-refractivity contribution >= 4 is 28.5 Å². The maximum atomic E-state index is 12.1. The van der Waals surface area contributed by atoms with Crippen LogP contribution in [0.2, 0.25) is 0 Å². The van der Waals surface area contributed by atoms with E-state index in [-0.39, 0.29) is 16.3 Å². The van der Waals surface area contributed by atoms with Gasteiger partial charge in [-0.2, -0.15) is 0 Å². The van der Waals surface area contributed by atoms with Gasteiger partial charge in [-0.25, -0.2) is 0 Å². The molecule has 1 saturated heterocycles. The Morgan fingerprint density at radius 2 is 1.95 bits per heavy atom. The lowest BCUT2D eigenvalue weighted by molar-refractivity contribution is -0.117. The second-order valence-corrected chi connectivity index (χ2v) is 6.53. The summed E-state index contributed by atoms with van der Waals surface area (Å²) in [7, 11) is 1.65. The molecule has 0 aromatic heterocycles. The van der Waals surface area contributed by atoms with Crippen molar-refractivity contribution < 1.29 is 14.3 Å². The first-order chi connectivity index (χ1) is 9.42. The van der Waals surface area contributed by atoms with E-state index in [9.17, 15) is 9.59 Å². The molecule has 1 atom stereocenters. The van der Waals surface area contributed by atoms with Gasteiger partial charge in [0.2, 0.25) is 5.91 Å². The van der Waals surface area contributed by atoms with Gasteiger partial charge < -0.3 is 9.64 Å². The zero-order chi connectivity index (χ0) is 14.9. The zero-order valence-corrected chi connectivity index (χ0v) is 13.0. The predicted molar refractivity (Wildman–Crippen MR) is 81.5 cm³/mol. The molecule has 0 aliphatic carbocycles. The fraction of sp³-hybridized carbons (Fsp3) is 0.467. The number of amides is 1. The first-order valence-corrected chi connectivity index (χ1v) is 7.43. The number of aryl methyl sites for hydroxylation is 2. The summed E-state index contributed by atoms with van der Waals surface area (Å²) in [6, 6.07) is 3.93. The highest BCUT2D eigenvalue weighted by Gasteiger charge is 2.32. The van der Waals surface area contributed by atoms with Crippen LogP contribution in [0, 0.1) is 13.8 Å². The van der Waals surface area contributed by atoms with Gasteiger partial charge in [-0.3, -0.25) is 9.59 Å². The van der Waals surface area contributed by atoms with E-state index in [1.807, 2.05) is 26.0 Å². The minimum atomic E-state index is 0.0581. The van der Waals surface area contributed by atoms with E-state index >= 15 is 0 Å². The second-order valence-electron chi connectivity index (χ2n) is 5.05. The Labute approximate surface area is 123 Å². The van der Waals surface area contributed by atoms with Crippen LogP contribution in [0.25, 0.3) is 0 Å². The van der Waals surface area contributed by atoms with Crippen LogP contribution in [0.1, 0.15) is 24.5 Å². The van der Waals surface area contributed by atoms with E-state index in [0.29, 0.717) is 13.0 Å². The molecule has 1 aromatic rings. The van der Waals surface area contributed by atoms with Crippen LogP contribution in [0.4, 0.5) is 5.69 Å². The minimum absolute atomic E-state index is 0.0581. The van der Waals surface area contributed by atoms with Gasteiger partial charge in [-0.15, -0.1) is 0 Å². The van der Waals surface area contributed by atoms with Gasteiger partial charge in [0.15, 0.2) is 5.12 Å². The Bertz CT molecular complexity index is 533. The average Bonchev–Trinajstić information content (AvgIpc) is 2.68. The van der Waals surface area contributed by atoms with Gasteiger partial charge in [0.25, 0.3) is 0 Å². The molecule has 1 aliphatic rings. The number of nitrogens with zero attached hydrogens (tertiary/aromatic N) is 1. The third kappa shape index (κ3) is 2.98. The molecule has 0 spiro atoms. The molecule has 1 heterocycles. The van der Waals surface area contributed by atoms with Gasteiger partial charge in [0, 0.05) is 30.8 Å². The number of ether oxygens (including phenoxy) is 1. The summed E-state index contributed by atoms with van der Waals surface area (Å²) in [6.45, 7) is 6.07. The highest BCUT2D eigenvalue weighted by molar-refractivity contribution is 8.14. The lowest BCUT2D eigenvalue weighted by Crippen LogP contribution is -2.25. The molecule has 4 nitrogen and oxygen atoms in total. The van der Waals surface area contributed by atoms with Crippen LogP contribution in [0.3, 0.4) is 0 Å². The van der Waals surface area contributed by atoms with Crippen LogP contribution >= 0.6 is 11.8 Å². The van der Waals surface area contributed by atoms with Crippen molar-refractivity contribution in [3.63, 3.8) is 0 Å². The maximum absolute atomic E-state index is 12.1. The predicted octanol–water partition coefficient (Wildman–Crippen LogP) is 2.70. The lowest BCUT2D eigenvalue weighted by atomic mass is 10.1. The molecule has 5 heteroatoms. The lowest BCUT2D eigenvalue weighted by Gasteiger charge is -2.19. The molecule has 0 bridgehead atoms. The molecule has 1 amide bonds. The fourth-order valence-electron chi connectivity index (χ4n) is 2.64. The van der Waals surface area contributed by atoms with E-state index in [2.05, 4.69) is 0 Å². The first kappa shape index (κ1) is 14.9. The van der Waals surface area contributed by atoms with Crippen LogP contribution in [0.5, 0.6) is 5.75 Å². The minimum Gasteiger partial charge on any atom is -0.496 e. The fourth-order valence-corrected chi connectivity index (χ4v) is 3.56. The van der Waals surface area contributed by atoms with Crippen molar-refractivity contribution in [3.05, 3.63) is 23.3 Å². The topological polar surface area (TPSA) is 46.6 Å². The summed E-state index contributed by atoms with van der Waals surface area (Å²) >= 11 is 1.25. The molecule has 0 N–H and O–H groups in total. The number of anilines is 1. The largest absolute Gasteiger partial charge is 0.496 e. The molecule has 0 saturated carbocycles. The van der Waals surface area contributed by atoms with Crippen molar-refractivity contribution in [3.8, 4) is 5.75 Å².